The summed E-state index contributed by atoms with van der Waals surface area (Å²) >= 11 is 0. The molecule has 0 saturated carbocycles. The Morgan fingerprint density at radius 1 is 0.857 bits per heavy atom. The second-order valence-corrected chi connectivity index (χ2v) is 5.49. The average Bonchev–Trinajstić information content (AvgIpc) is 2.50. The van der Waals surface area contributed by atoms with Gasteiger partial charge in [-0.25, -0.2) is 0 Å². The lowest BCUT2D eigenvalue weighted by atomic mass is 10.0. The molecule has 0 spiro atoms. The number of benzene rings is 1. The zero-order valence-corrected chi connectivity index (χ0v) is 13.2. The van der Waals surface area contributed by atoms with Crippen LogP contribution in [0.2, 0.25) is 0 Å². The molecule has 0 radical (unpaired) electrons. The summed E-state index contributed by atoms with van der Waals surface area (Å²) in [5, 5.41) is 0. The summed E-state index contributed by atoms with van der Waals surface area (Å²) in [6, 6.07) is 7.78. The maximum absolute atomic E-state index is 11.9. The van der Waals surface area contributed by atoms with Crippen molar-refractivity contribution < 1.29 is 14.3 Å². The van der Waals surface area contributed by atoms with Gasteiger partial charge in [0, 0.05) is 18.4 Å². The number of ketones is 1. The Morgan fingerprint density at radius 2 is 1.38 bits per heavy atom. The minimum absolute atomic E-state index is 0.126. The first-order valence-electron chi connectivity index (χ1n) is 7.80. The van der Waals surface area contributed by atoms with Gasteiger partial charge in [-0.15, -0.1) is 0 Å². The molecule has 3 heteroatoms. The molecule has 0 fully saturated rings. The summed E-state index contributed by atoms with van der Waals surface area (Å²) in [7, 11) is 1.42. The first-order chi connectivity index (χ1) is 10.1. The molecule has 0 amide bonds. The lowest BCUT2D eigenvalue weighted by Gasteiger charge is -2.03. The van der Waals surface area contributed by atoms with Gasteiger partial charge in [0.25, 0.3) is 0 Å². The third kappa shape index (κ3) is 7.64. The van der Waals surface area contributed by atoms with Gasteiger partial charge in [-0.1, -0.05) is 55.5 Å². The van der Waals surface area contributed by atoms with Crippen molar-refractivity contribution in [1.29, 1.82) is 0 Å². The maximum atomic E-state index is 11.9. The van der Waals surface area contributed by atoms with Gasteiger partial charge in [0.1, 0.15) is 0 Å². The van der Waals surface area contributed by atoms with E-state index in [9.17, 15) is 9.59 Å². The van der Waals surface area contributed by atoms with E-state index in [1.54, 1.807) is 0 Å². The molecular weight excluding hydrogens is 264 g/mol. The molecule has 0 bridgehead atoms. The van der Waals surface area contributed by atoms with Gasteiger partial charge in [-0.3, -0.25) is 9.59 Å². The van der Waals surface area contributed by atoms with Crippen molar-refractivity contribution in [2.45, 2.75) is 58.3 Å². The Kier molecular flexibility index (Phi) is 8.41. The largest absolute Gasteiger partial charge is 0.469 e. The number of aryl methyl sites for hydroxylation is 1. The topological polar surface area (TPSA) is 43.4 Å². The fourth-order valence-corrected chi connectivity index (χ4v) is 2.25. The van der Waals surface area contributed by atoms with E-state index in [1.807, 2.05) is 31.2 Å². The minimum atomic E-state index is -0.126. The van der Waals surface area contributed by atoms with E-state index in [-0.39, 0.29) is 11.8 Å². The third-order valence-corrected chi connectivity index (χ3v) is 3.64. The minimum Gasteiger partial charge on any atom is -0.469 e. The number of carbonyl (C=O) groups is 2. The van der Waals surface area contributed by atoms with Crippen molar-refractivity contribution >= 4 is 11.8 Å². The van der Waals surface area contributed by atoms with Gasteiger partial charge in [0.05, 0.1) is 7.11 Å². The molecule has 0 aliphatic heterocycles. The van der Waals surface area contributed by atoms with Gasteiger partial charge in [0.15, 0.2) is 5.78 Å². The number of hydrogen-bond acceptors (Lipinski definition) is 3. The first kappa shape index (κ1) is 17.4. The van der Waals surface area contributed by atoms with Crippen molar-refractivity contribution in [2.24, 2.45) is 0 Å². The van der Waals surface area contributed by atoms with Crippen LogP contribution in [-0.4, -0.2) is 18.9 Å². The van der Waals surface area contributed by atoms with Crippen LogP contribution in [-0.2, 0) is 9.53 Å². The van der Waals surface area contributed by atoms with Crippen LogP contribution in [0.25, 0.3) is 0 Å². The van der Waals surface area contributed by atoms with Crippen LogP contribution >= 0.6 is 0 Å². The fraction of sp³-hybridized carbons (Fsp3) is 0.556. The highest BCUT2D eigenvalue weighted by Crippen LogP contribution is 2.12. The zero-order chi connectivity index (χ0) is 15.5. The second-order valence-electron chi connectivity index (χ2n) is 5.49. The molecule has 0 heterocycles. The molecule has 0 atom stereocenters. The SMILES string of the molecule is COC(=O)CCCCCCCCC(=O)c1ccc(C)cc1. The highest BCUT2D eigenvalue weighted by molar-refractivity contribution is 5.96. The molecule has 21 heavy (non-hydrogen) atoms. The molecule has 0 aromatic heterocycles. The first-order valence-corrected chi connectivity index (χ1v) is 7.80. The summed E-state index contributed by atoms with van der Waals surface area (Å²) in [5.74, 6) is 0.111. The zero-order valence-electron chi connectivity index (χ0n) is 13.2. The molecule has 0 N–H and O–H groups in total. The number of methoxy groups -OCH3 is 1. The maximum Gasteiger partial charge on any atom is 0.305 e. The number of esters is 1. The Bertz CT molecular complexity index is 434. The van der Waals surface area contributed by atoms with Crippen LogP contribution in [0.15, 0.2) is 24.3 Å². The molecule has 0 aliphatic rings. The molecule has 1 rings (SSSR count). The van der Waals surface area contributed by atoms with Crippen molar-refractivity contribution in [3.05, 3.63) is 35.4 Å². The molecule has 1 aromatic rings. The molecule has 0 aliphatic carbocycles. The van der Waals surface area contributed by atoms with Crippen LogP contribution in [0, 0.1) is 6.92 Å². The Hall–Kier alpha value is -1.64. The number of ether oxygens (including phenoxy) is 1. The summed E-state index contributed by atoms with van der Waals surface area (Å²) in [4.78, 5) is 22.9. The lowest BCUT2D eigenvalue weighted by molar-refractivity contribution is -0.140. The Labute approximate surface area is 127 Å². The van der Waals surface area contributed by atoms with Crippen LogP contribution < -0.4 is 0 Å². The highest BCUT2D eigenvalue weighted by Gasteiger charge is 2.05. The molecular formula is C18H26O3. The van der Waals surface area contributed by atoms with Crippen LogP contribution in [0.3, 0.4) is 0 Å². The van der Waals surface area contributed by atoms with Crippen molar-refractivity contribution in [3.63, 3.8) is 0 Å². The van der Waals surface area contributed by atoms with Gasteiger partial charge in [0.2, 0.25) is 0 Å². The van der Waals surface area contributed by atoms with E-state index in [2.05, 4.69) is 4.74 Å². The summed E-state index contributed by atoms with van der Waals surface area (Å²) in [5.41, 5.74) is 2.00. The quantitative estimate of drug-likeness (QED) is 0.363. The number of hydrogen-bond donors (Lipinski definition) is 0. The Balaban J connectivity index is 2.02. The van der Waals surface area contributed by atoms with Gasteiger partial charge < -0.3 is 4.74 Å². The Morgan fingerprint density at radius 3 is 1.95 bits per heavy atom. The second kappa shape index (κ2) is 10.1. The standard InChI is InChI=1S/C18H26O3/c1-15-11-13-16(14-12-15)17(19)9-7-5-3-4-6-8-10-18(20)21-2/h11-14H,3-10H2,1-2H3. The van der Waals surface area contributed by atoms with Gasteiger partial charge in [-0.05, 0) is 19.8 Å². The van der Waals surface area contributed by atoms with E-state index in [4.69, 9.17) is 0 Å². The number of rotatable bonds is 10. The number of unbranched alkanes of at least 4 members (excludes halogenated alkanes) is 5. The normalized spacial score (nSPS) is 10.4. The van der Waals surface area contributed by atoms with Crippen LogP contribution in [0.5, 0.6) is 0 Å². The van der Waals surface area contributed by atoms with Crippen molar-refractivity contribution in [2.75, 3.05) is 7.11 Å². The predicted molar refractivity (Wildman–Crippen MR) is 84.5 cm³/mol. The molecule has 116 valence electrons. The lowest BCUT2D eigenvalue weighted by Crippen LogP contribution is -1.99. The summed E-state index contributed by atoms with van der Waals surface area (Å²) in [6.07, 6.45) is 7.38. The molecule has 0 saturated heterocycles. The molecule has 0 unspecified atom stereocenters. The van der Waals surface area contributed by atoms with Crippen molar-refractivity contribution in [1.82, 2.24) is 0 Å². The average molecular weight is 290 g/mol. The van der Waals surface area contributed by atoms with Crippen LogP contribution in [0.4, 0.5) is 0 Å². The highest BCUT2D eigenvalue weighted by atomic mass is 16.5. The molecule has 3 nitrogen and oxygen atoms in total. The van der Waals surface area contributed by atoms with E-state index < -0.39 is 0 Å². The number of Topliss-reactive ketones (excluding diaryl/α,β-unsaturated/α-hetero) is 1. The van der Waals surface area contributed by atoms with E-state index in [0.29, 0.717) is 12.8 Å². The van der Waals surface area contributed by atoms with E-state index in [1.165, 1.54) is 12.7 Å². The van der Waals surface area contributed by atoms with Gasteiger partial charge in [-0.2, -0.15) is 0 Å². The summed E-state index contributed by atoms with van der Waals surface area (Å²) < 4.78 is 4.59. The molecule has 1 aromatic carbocycles. The predicted octanol–water partition coefficient (Wildman–Crippen LogP) is 4.47. The third-order valence-electron chi connectivity index (χ3n) is 3.64. The van der Waals surface area contributed by atoms with Crippen molar-refractivity contribution in [3.8, 4) is 0 Å². The number of carbonyl (C=O) groups excluding carboxylic acids is 2. The summed E-state index contributed by atoms with van der Waals surface area (Å²) in [6.45, 7) is 2.02. The smallest absolute Gasteiger partial charge is 0.305 e. The van der Waals surface area contributed by atoms with Crippen LogP contribution in [0.1, 0.15) is 67.3 Å². The monoisotopic (exact) mass is 290 g/mol. The fourth-order valence-electron chi connectivity index (χ4n) is 2.25. The van der Waals surface area contributed by atoms with E-state index >= 15 is 0 Å². The van der Waals surface area contributed by atoms with E-state index in [0.717, 1.165) is 44.1 Å². The van der Waals surface area contributed by atoms with Gasteiger partial charge >= 0.3 is 5.97 Å².